The summed E-state index contributed by atoms with van der Waals surface area (Å²) in [6, 6.07) is 0.416. The summed E-state index contributed by atoms with van der Waals surface area (Å²) in [7, 11) is 1.76. The van der Waals surface area contributed by atoms with Crippen LogP contribution in [0.2, 0.25) is 0 Å². The highest BCUT2D eigenvalue weighted by Crippen LogP contribution is 2.51. The SMILES string of the molecule is C#CCNC(=NC)NC1C2CCOC2C1(C)C.I. The molecular formula is C13H22IN3O. The molecule has 1 aliphatic heterocycles. The Hall–Kier alpha value is -0.480. The first kappa shape index (κ1) is 15.6. The molecule has 4 nitrogen and oxygen atoms in total. The molecule has 3 atom stereocenters. The number of hydrogen-bond donors (Lipinski definition) is 2. The number of aliphatic imine (C=N–C) groups is 1. The van der Waals surface area contributed by atoms with Gasteiger partial charge in [0.1, 0.15) is 0 Å². The smallest absolute Gasteiger partial charge is 0.191 e. The van der Waals surface area contributed by atoms with E-state index in [0.717, 1.165) is 19.0 Å². The van der Waals surface area contributed by atoms with Crippen LogP contribution in [0.3, 0.4) is 0 Å². The first-order chi connectivity index (χ1) is 8.11. The third kappa shape index (κ3) is 2.59. The third-order valence-electron chi connectivity index (χ3n) is 3.97. The molecular weight excluding hydrogens is 341 g/mol. The number of nitrogens with one attached hydrogen (secondary N) is 2. The van der Waals surface area contributed by atoms with Gasteiger partial charge in [-0.15, -0.1) is 30.4 Å². The van der Waals surface area contributed by atoms with E-state index >= 15 is 0 Å². The molecule has 1 heterocycles. The van der Waals surface area contributed by atoms with E-state index in [-0.39, 0.29) is 29.4 Å². The highest BCUT2D eigenvalue weighted by Gasteiger charge is 2.59. The Kier molecular flexibility index (Phi) is 5.29. The Morgan fingerprint density at radius 3 is 2.89 bits per heavy atom. The second-order valence-corrected chi connectivity index (χ2v) is 5.32. The van der Waals surface area contributed by atoms with Crippen molar-refractivity contribution in [2.24, 2.45) is 16.3 Å². The molecule has 0 radical (unpaired) electrons. The van der Waals surface area contributed by atoms with Crippen LogP contribution in [0.15, 0.2) is 4.99 Å². The normalized spacial score (nSPS) is 32.6. The van der Waals surface area contributed by atoms with E-state index in [4.69, 9.17) is 11.2 Å². The highest BCUT2D eigenvalue weighted by molar-refractivity contribution is 14.0. The molecule has 0 aromatic heterocycles. The minimum Gasteiger partial charge on any atom is -0.377 e. The van der Waals surface area contributed by atoms with Crippen LogP contribution in [0, 0.1) is 23.7 Å². The number of fused-ring (bicyclic) bond motifs is 1. The molecule has 3 unspecified atom stereocenters. The average molecular weight is 363 g/mol. The van der Waals surface area contributed by atoms with Crippen molar-refractivity contribution in [3.05, 3.63) is 0 Å². The second-order valence-electron chi connectivity index (χ2n) is 5.32. The summed E-state index contributed by atoms with van der Waals surface area (Å²) in [5, 5.41) is 6.56. The molecule has 0 aromatic carbocycles. The fourth-order valence-corrected chi connectivity index (χ4v) is 3.09. The molecule has 0 aromatic rings. The molecule has 1 saturated heterocycles. The van der Waals surface area contributed by atoms with E-state index in [1.807, 2.05) is 0 Å². The molecule has 2 fully saturated rings. The molecule has 0 bridgehead atoms. The predicted octanol–water partition coefficient (Wildman–Crippen LogP) is 1.22. The zero-order valence-electron chi connectivity index (χ0n) is 11.2. The van der Waals surface area contributed by atoms with Gasteiger partial charge in [-0.05, 0) is 6.42 Å². The summed E-state index contributed by atoms with van der Waals surface area (Å²) < 4.78 is 5.76. The van der Waals surface area contributed by atoms with E-state index in [0.29, 0.717) is 24.6 Å². The molecule has 0 spiro atoms. The maximum absolute atomic E-state index is 5.76. The minimum absolute atomic E-state index is 0. The van der Waals surface area contributed by atoms with Gasteiger partial charge in [-0.2, -0.15) is 0 Å². The van der Waals surface area contributed by atoms with Crippen LogP contribution >= 0.6 is 24.0 Å². The molecule has 2 rings (SSSR count). The largest absolute Gasteiger partial charge is 0.377 e. The van der Waals surface area contributed by atoms with E-state index in [2.05, 4.69) is 35.4 Å². The van der Waals surface area contributed by atoms with Crippen LogP contribution in [-0.4, -0.2) is 38.3 Å². The average Bonchev–Trinajstić information content (AvgIpc) is 2.76. The van der Waals surface area contributed by atoms with Crippen molar-refractivity contribution >= 4 is 29.9 Å². The van der Waals surface area contributed by atoms with Gasteiger partial charge in [0.2, 0.25) is 0 Å². The van der Waals surface area contributed by atoms with Crippen LogP contribution in [0.5, 0.6) is 0 Å². The van der Waals surface area contributed by atoms with Crippen molar-refractivity contribution in [2.45, 2.75) is 32.4 Å². The zero-order valence-corrected chi connectivity index (χ0v) is 13.5. The zero-order chi connectivity index (χ0) is 12.5. The molecule has 5 heteroatoms. The molecule has 0 amide bonds. The van der Waals surface area contributed by atoms with Gasteiger partial charge in [-0.1, -0.05) is 19.8 Å². The Bertz CT molecular complexity index is 362. The van der Waals surface area contributed by atoms with Crippen molar-refractivity contribution in [1.29, 1.82) is 0 Å². The number of nitrogens with zero attached hydrogens (tertiary/aromatic N) is 1. The maximum Gasteiger partial charge on any atom is 0.191 e. The monoisotopic (exact) mass is 363 g/mol. The lowest BCUT2D eigenvalue weighted by Gasteiger charge is -2.54. The van der Waals surface area contributed by atoms with Gasteiger partial charge in [0, 0.05) is 31.0 Å². The quantitative estimate of drug-likeness (QED) is 0.336. The van der Waals surface area contributed by atoms with E-state index in [1.165, 1.54) is 0 Å². The van der Waals surface area contributed by atoms with Crippen LogP contribution < -0.4 is 10.6 Å². The number of halogens is 1. The number of rotatable bonds is 2. The summed E-state index contributed by atoms with van der Waals surface area (Å²) in [6.45, 7) is 5.86. The summed E-state index contributed by atoms with van der Waals surface area (Å²) in [5.41, 5.74) is 0.162. The molecule has 18 heavy (non-hydrogen) atoms. The lowest BCUT2D eigenvalue weighted by Crippen LogP contribution is -2.67. The van der Waals surface area contributed by atoms with Crippen molar-refractivity contribution in [3.63, 3.8) is 0 Å². The van der Waals surface area contributed by atoms with Gasteiger partial charge < -0.3 is 15.4 Å². The van der Waals surface area contributed by atoms with E-state index in [1.54, 1.807) is 7.05 Å². The first-order valence-electron chi connectivity index (χ1n) is 6.13. The number of hydrogen-bond acceptors (Lipinski definition) is 2. The van der Waals surface area contributed by atoms with Gasteiger partial charge in [0.25, 0.3) is 0 Å². The van der Waals surface area contributed by atoms with Gasteiger partial charge in [0.05, 0.1) is 12.6 Å². The van der Waals surface area contributed by atoms with Crippen molar-refractivity contribution in [3.8, 4) is 12.3 Å². The van der Waals surface area contributed by atoms with Crippen molar-refractivity contribution in [1.82, 2.24) is 10.6 Å². The minimum atomic E-state index is 0. The topological polar surface area (TPSA) is 45.7 Å². The molecule has 102 valence electrons. The van der Waals surface area contributed by atoms with Gasteiger partial charge in [-0.3, -0.25) is 4.99 Å². The Balaban J connectivity index is 0.00000162. The second kappa shape index (κ2) is 6.11. The Labute approximate surface area is 126 Å². The molecule has 2 aliphatic rings. The first-order valence-corrected chi connectivity index (χ1v) is 6.13. The highest BCUT2D eigenvalue weighted by atomic mass is 127. The number of guanidine groups is 1. The summed E-state index contributed by atoms with van der Waals surface area (Å²) in [6.07, 6.45) is 6.76. The van der Waals surface area contributed by atoms with Crippen LogP contribution in [0.25, 0.3) is 0 Å². The summed E-state index contributed by atoms with van der Waals surface area (Å²) >= 11 is 0. The molecule has 1 saturated carbocycles. The van der Waals surface area contributed by atoms with Crippen LogP contribution in [0.1, 0.15) is 20.3 Å². The van der Waals surface area contributed by atoms with E-state index in [9.17, 15) is 0 Å². The maximum atomic E-state index is 5.76. The number of terminal acetylenes is 1. The molecule has 1 aliphatic carbocycles. The van der Waals surface area contributed by atoms with Gasteiger partial charge >= 0.3 is 0 Å². The van der Waals surface area contributed by atoms with Crippen molar-refractivity contribution in [2.75, 3.05) is 20.2 Å². The van der Waals surface area contributed by atoms with Gasteiger partial charge in [-0.25, -0.2) is 0 Å². The fourth-order valence-electron chi connectivity index (χ4n) is 3.09. The Morgan fingerprint density at radius 1 is 1.56 bits per heavy atom. The fraction of sp³-hybridized carbons (Fsp3) is 0.769. The predicted molar refractivity (Wildman–Crippen MR) is 84.2 cm³/mol. The Morgan fingerprint density at radius 2 is 2.28 bits per heavy atom. The molecule has 2 N–H and O–H groups in total. The van der Waals surface area contributed by atoms with Crippen molar-refractivity contribution < 1.29 is 4.74 Å². The lowest BCUT2D eigenvalue weighted by molar-refractivity contribution is -0.106. The van der Waals surface area contributed by atoms with Gasteiger partial charge in [0.15, 0.2) is 5.96 Å². The number of ether oxygens (including phenoxy) is 1. The summed E-state index contributed by atoms with van der Waals surface area (Å²) in [4.78, 5) is 4.19. The standard InChI is InChI=1S/C13H21N3O.HI/c1-5-7-15-12(14-4)16-10-9-6-8-17-11(9)13(10,2)3;/h1,9-11H,6-8H2,2-4H3,(H2,14,15,16);1H. The third-order valence-corrected chi connectivity index (χ3v) is 3.97. The lowest BCUT2D eigenvalue weighted by atomic mass is 9.57. The summed E-state index contributed by atoms with van der Waals surface area (Å²) in [5.74, 6) is 3.94. The van der Waals surface area contributed by atoms with Crippen LogP contribution in [0.4, 0.5) is 0 Å². The van der Waals surface area contributed by atoms with Crippen LogP contribution in [-0.2, 0) is 4.74 Å². The van der Waals surface area contributed by atoms with E-state index < -0.39 is 0 Å².